The predicted molar refractivity (Wildman–Crippen MR) is 133 cm³/mol. The zero-order chi connectivity index (χ0) is 23.8. The Bertz CT molecular complexity index is 1060. The molecule has 2 aliphatic heterocycles. The second-order valence-corrected chi connectivity index (χ2v) is 10.6. The van der Waals surface area contributed by atoms with Gasteiger partial charge in [-0.15, -0.1) is 0 Å². The second-order valence-electron chi connectivity index (χ2n) is 10.6. The van der Waals surface area contributed by atoms with Crippen LogP contribution in [-0.2, 0) is 11.2 Å². The molecular weight excluding hydrogens is 426 g/mol. The lowest BCUT2D eigenvalue weighted by Crippen LogP contribution is -2.47. The summed E-state index contributed by atoms with van der Waals surface area (Å²) in [5.74, 6) is 0.842. The molecule has 1 saturated carbocycles. The Labute approximate surface area is 202 Å². The van der Waals surface area contributed by atoms with Gasteiger partial charge in [-0.2, -0.15) is 0 Å². The van der Waals surface area contributed by atoms with E-state index < -0.39 is 5.97 Å². The number of aryl methyl sites for hydroxylation is 1. The van der Waals surface area contributed by atoms with E-state index in [-0.39, 0.29) is 23.9 Å². The number of ether oxygens (including phenoxy) is 1. The number of amides is 1. The van der Waals surface area contributed by atoms with Crippen LogP contribution in [0.15, 0.2) is 30.3 Å². The summed E-state index contributed by atoms with van der Waals surface area (Å²) in [4.78, 5) is 26.9. The van der Waals surface area contributed by atoms with Crippen LogP contribution in [0.4, 0.5) is 0 Å². The van der Waals surface area contributed by atoms with Gasteiger partial charge in [0.2, 0.25) is 0 Å². The van der Waals surface area contributed by atoms with Crippen LogP contribution in [0.3, 0.4) is 0 Å². The molecule has 3 aliphatic rings. The molecule has 5 nitrogen and oxygen atoms in total. The number of carboxylic acids is 1. The molecule has 1 amide bonds. The van der Waals surface area contributed by atoms with E-state index in [9.17, 15) is 14.7 Å². The van der Waals surface area contributed by atoms with E-state index in [2.05, 4.69) is 32.0 Å². The molecule has 2 saturated heterocycles. The SMILES string of the molecule is CCc1c(O[C@H]2CC[C@@H](CC)CC2)ccc2cc(C(=O)N3C4CCC3CC(C(=O)O)C4)ccc12. The highest BCUT2D eigenvalue weighted by Gasteiger charge is 2.45. The maximum Gasteiger partial charge on any atom is 0.306 e. The molecule has 3 fully saturated rings. The van der Waals surface area contributed by atoms with Crippen LogP contribution in [0.25, 0.3) is 10.8 Å². The van der Waals surface area contributed by atoms with Crippen molar-refractivity contribution in [3.63, 3.8) is 0 Å². The minimum Gasteiger partial charge on any atom is -0.490 e. The summed E-state index contributed by atoms with van der Waals surface area (Å²) >= 11 is 0. The summed E-state index contributed by atoms with van der Waals surface area (Å²) in [6.45, 7) is 4.45. The van der Waals surface area contributed by atoms with Crippen LogP contribution in [-0.4, -0.2) is 40.1 Å². The number of hydrogen-bond donors (Lipinski definition) is 1. The first kappa shape index (κ1) is 23.2. The molecule has 5 rings (SSSR count). The fourth-order valence-corrected chi connectivity index (χ4v) is 6.68. The van der Waals surface area contributed by atoms with Gasteiger partial charge in [-0.3, -0.25) is 9.59 Å². The van der Waals surface area contributed by atoms with Crippen molar-refractivity contribution in [2.45, 2.75) is 96.2 Å². The lowest BCUT2D eigenvalue weighted by Gasteiger charge is -2.37. The number of carbonyl (C=O) groups excluding carboxylic acids is 1. The topological polar surface area (TPSA) is 66.8 Å². The standard InChI is InChI=1S/C29H37NO4/c1-3-18-5-11-24(12-6-18)34-27-14-8-19-15-20(7-13-26(19)25(27)4-2)28(31)30-22-9-10-23(30)17-21(16-22)29(32)33/h7-8,13-15,18,21-24H,3-6,9-12,16-17H2,1-2H3,(H,32,33)/t18-,21?,22?,23?,24+. The van der Waals surface area contributed by atoms with Crippen molar-refractivity contribution in [3.8, 4) is 5.75 Å². The number of rotatable bonds is 6. The van der Waals surface area contributed by atoms with Crippen molar-refractivity contribution in [2.24, 2.45) is 11.8 Å². The van der Waals surface area contributed by atoms with Gasteiger partial charge in [0, 0.05) is 23.2 Å². The van der Waals surface area contributed by atoms with Gasteiger partial charge in [-0.05, 0) is 92.7 Å². The molecule has 0 aromatic heterocycles. The summed E-state index contributed by atoms with van der Waals surface area (Å²) < 4.78 is 6.49. The maximum atomic E-state index is 13.5. The molecule has 2 atom stereocenters. The van der Waals surface area contributed by atoms with Gasteiger partial charge in [-0.25, -0.2) is 0 Å². The number of piperidine rings is 1. The van der Waals surface area contributed by atoms with Crippen molar-refractivity contribution in [1.29, 1.82) is 0 Å². The van der Waals surface area contributed by atoms with E-state index in [4.69, 9.17) is 4.74 Å². The Morgan fingerprint density at radius 1 is 0.971 bits per heavy atom. The lowest BCUT2D eigenvalue weighted by atomic mass is 9.86. The summed E-state index contributed by atoms with van der Waals surface area (Å²) in [7, 11) is 0. The van der Waals surface area contributed by atoms with Gasteiger partial charge in [0.15, 0.2) is 0 Å². The smallest absolute Gasteiger partial charge is 0.306 e. The number of nitrogens with zero attached hydrogens (tertiary/aromatic N) is 1. The molecular formula is C29H37NO4. The Morgan fingerprint density at radius 3 is 2.29 bits per heavy atom. The third kappa shape index (κ3) is 4.30. The third-order valence-corrected chi connectivity index (χ3v) is 8.67. The molecule has 2 aromatic carbocycles. The largest absolute Gasteiger partial charge is 0.490 e. The van der Waals surface area contributed by atoms with E-state index in [1.165, 1.54) is 24.8 Å². The maximum absolute atomic E-state index is 13.5. The highest BCUT2D eigenvalue weighted by atomic mass is 16.5. The highest BCUT2D eigenvalue weighted by molar-refractivity contribution is 6.00. The van der Waals surface area contributed by atoms with Crippen LogP contribution < -0.4 is 4.74 Å². The fourth-order valence-electron chi connectivity index (χ4n) is 6.68. The Balaban J connectivity index is 1.35. The van der Waals surface area contributed by atoms with Crippen molar-refractivity contribution < 1.29 is 19.4 Å². The monoisotopic (exact) mass is 463 g/mol. The highest BCUT2D eigenvalue weighted by Crippen LogP contribution is 2.40. The normalized spacial score (nSPS) is 28.8. The molecule has 2 unspecified atom stereocenters. The van der Waals surface area contributed by atoms with Crippen molar-refractivity contribution in [3.05, 3.63) is 41.5 Å². The molecule has 5 heteroatoms. The Kier molecular flexibility index (Phi) is 6.54. The first-order chi connectivity index (χ1) is 16.5. The Hall–Kier alpha value is -2.56. The van der Waals surface area contributed by atoms with E-state index in [0.717, 1.165) is 54.5 Å². The number of benzene rings is 2. The molecule has 2 aromatic rings. The summed E-state index contributed by atoms with van der Waals surface area (Å²) in [5.41, 5.74) is 1.92. The first-order valence-corrected chi connectivity index (χ1v) is 13.3. The van der Waals surface area contributed by atoms with Crippen LogP contribution in [0, 0.1) is 11.8 Å². The van der Waals surface area contributed by atoms with Crippen LogP contribution >= 0.6 is 0 Å². The van der Waals surface area contributed by atoms with E-state index in [1.807, 2.05) is 17.0 Å². The molecule has 182 valence electrons. The first-order valence-electron chi connectivity index (χ1n) is 13.3. The van der Waals surface area contributed by atoms with Gasteiger partial charge < -0.3 is 14.7 Å². The zero-order valence-electron chi connectivity index (χ0n) is 20.5. The van der Waals surface area contributed by atoms with Crippen molar-refractivity contribution in [2.75, 3.05) is 0 Å². The van der Waals surface area contributed by atoms with Gasteiger partial charge in [0.05, 0.1) is 12.0 Å². The van der Waals surface area contributed by atoms with Gasteiger partial charge in [0.25, 0.3) is 5.91 Å². The average Bonchev–Trinajstić information content (AvgIpc) is 3.12. The number of aliphatic carboxylic acids is 1. The molecule has 2 bridgehead atoms. The lowest BCUT2D eigenvalue weighted by molar-refractivity contribution is -0.144. The summed E-state index contributed by atoms with van der Waals surface area (Å²) in [5, 5.41) is 11.7. The number of carboxylic acid groups (broad SMARTS) is 1. The quantitative estimate of drug-likeness (QED) is 0.552. The van der Waals surface area contributed by atoms with Crippen LogP contribution in [0.5, 0.6) is 5.75 Å². The number of hydrogen-bond acceptors (Lipinski definition) is 3. The van der Waals surface area contributed by atoms with E-state index in [0.29, 0.717) is 24.5 Å². The van der Waals surface area contributed by atoms with Gasteiger partial charge in [0.1, 0.15) is 5.75 Å². The van der Waals surface area contributed by atoms with E-state index >= 15 is 0 Å². The summed E-state index contributed by atoms with van der Waals surface area (Å²) in [6, 6.07) is 10.3. The summed E-state index contributed by atoms with van der Waals surface area (Å²) in [6.07, 6.45) is 10.2. The van der Waals surface area contributed by atoms with Gasteiger partial charge >= 0.3 is 5.97 Å². The molecule has 1 aliphatic carbocycles. The molecule has 34 heavy (non-hydrogen) atoms. The van der Waals surface area contributed by atoms with Crippen molar-refractivity contribution >= 4 is 22.6 Å². The van der Waals surface area contributed by atoms with Crippen LogP contribution in [0.2, 0.25) is 0 Å². The Morgan fingerprint density at radius 2 is 1.68 bits per heavy atom. The zero-order valence-corrected chi connectivity index (χ0v) is 20.5. The second kappa shape index (κ2) is 9.59. The molecule has 1 N–H and O–H groups in total. The van der Waals surface area contributed by atoms with E-state index in [1.54, 1.807) is 0 Å². The minimum atomic E-state index is -0.724. The molecule has 0 spiro atoms. The number of carbonyl (C=O) groups is 2. The number of fused-ring (bicyclic) bond motifs is 3. The van der Waals surface area contributed by atoms with Crippen molar-refractivity contribution in [1.82, 2.24) is 4.90 Å². The molecule has 2 heterocycles. The minimum absolute atomic E-state index is 0.0456. The molecule has 0 radical (unpaired) electrons. The predicted octanol–water partition coefficient (Wildman–Crippen LogP) is 6.22. The van der Waals surface area contributed by atoms with Gasteiger partial charge in [-0.1, -0.05) is 32.4 Å². The third-order valence-electron chi connectivity index (χ3n) is 8.67. The average molecular weight is 464 g/mol. The fraction of sp³-hybridized carbons (Fsp3) is 0.586. The van der Waals surface area contributed by atoms with Crippen LogP contribution in [0.1, 0.15) is 87.6 Å².